The zero-order valence-electron chi connectivity index (χ0n) is 31.8. The van der Waals surface area contributed by atoms with Crippen LogP contribution in [0.1, 0.15) is 141 Å². The molecule has 0 spiro atoms. The highest BCUT2D eigenvalue weighted by Crippen LogP contribution is 2.38. The van der Waals surface area contributed by atoms with Crippen molar-refractivity contribution in [1.29, 1.82) is 0 Å². The summed E-state index contributed by atoms with van der Waals surface area (Å²) in [7, 11) is 0. The lowest BCUT2D eigenvalue weighted by molar-refractivity contribution is -0.161. The number of amidine groups is 1. The lowest BCUT2D eigenvalue weighted by atomic mass is 9.91. The number of unbranched alkanes of at least 4 members (excludes halogenated alkanes) is 2. The van der Waals surface area contributed by atoms with Crippen molar-refractivity contribution in [2.75, 3.05) is 26.2 Å². The van der Waals surface area contributed by atoms with Gasteiger partial charge in [0.1, 0.15) is 5.84 Å². The number of hydrazine groups is 1. The Morgan fingerprint density at radius 1 is 0.792 bits per heavy atom. The number of amides is 2. The summed E-state index contributed by atoms with van der Waals surface area (Å²) in [5.74, 6) is 2.01. The summed E-state index contributed by atoms with van der Waals surface area (Å²) in [6.45, 7) is 23.1. The van der Waals surface area contributed by atoms with Gasteiger partial charge in [-0.25, -0.2) is 15.0 Å². The minimum atomic E-state index is -0.198. The molecule has 2 unspecified atom stereocenters. The largest absolute Gasteiger partial charge is 0.359 e. The second kappa shape index (κ2) is 17.6. The Morgan fingerprint density at radius 3 is 1.88 bits per heavy atom. The van der Waals surface area contributed by atoms with Gasteiger partial charge in [0.05, 0.1) is 5.70 Å². The topological polar surface area (TPSA) is 56.2 Å². The molecule has 264 valence electrons. The normalized spacial score (nSPS) is 19.9. The van der Waals surface area contributed by atoms with Gasteiger partial charge in [0.25, 0.3) is 11.8 Å². The lowest BCUT2D eigenvalue weighted by Crippen LogP contribution is -2.54. The van der Waals surface area contributed by atoms with Crippen molar-refractivity contribution >= 4 is 23.3 Å². The van der Waals surface area contributed by atoms with Crippen molar-refractivity contribution in [3.05, 3.63) is 62.8 Å². The first-order valence-electron chi connectivity index (χ1n) is 19.2. The van der Waals surface area contributed by atoms with Gasteiger partial charge < -0.3 is 4.90 Å². The molecule has 1 saturated heterocycles. The van der Waals surface area contributed by atoms with E-state index in [4.69, 9.17) is 4.99 Å². The SMILES string of the molecule is CCCCC(CC)CN(CC(CC)CCCC)C1=NC(c2c(C)cc(C)cc2C)=C(/C=C2\C(=O)N(N3CCCCC3)C(=O)C(C)=C2C)C1. The Balaban J connectivity index is 1.82. The number of carbonyl (C=O) groups is 2. The predicted octanol–water partition coefficient (Wildman–Crippen LogP) is 9.89. The third kappa shape index (κ3) is 8.77. The van der Waals surface area contributed by atoms with Gasteiger partial charge >= 0.3 is 0 Å². The fourth-order valence-corrected chi connectivity index (χ4v) is 7.88. The summed E-state index contributed by atoms with van der Waals surface area (Å²) >= 11 is 0. The molecule has 0 aliphatic carbocycles. The predicted molar refractivity (Wildman–Crippen MR) is 202 cm³/mol. The number of nitrogens with zero attached hydrogens (tertiary/aromatic N) is 4. The summed E-state index contributed by atoms with van der Waals surface area (Å²) in [6.07, 6.45) is 15.7. The Kier molecular flexibility index (Phi) is 13.9. The number of carbonyl (C=O) groups excluding carboxylic acids is 2. The van der Waals surface area contributed by atoms with Gasteiger partial charge in [-0.3, -0.25) is 9.59 Å². The number of imide groups is 1. The molecule has 2 amide bonds. The highest BCUT2D eigenvalue weighted by atomic mass is 16.2. The molecule has 0 N–H and O–H groups in total. The number of hydrogen-bond donors (Lipinski definition) is 0. The van der Waals surface area contributed by atoms with E-state index in [0.717, 1.165) is 68.1 Å². The Bertz CT molecular complexity index is 1400. The van der Waals surface area contributed by atoms with E-state index >= 15 is 0 Å². The summed E-state index contributed by atoms with van der Waals surface area (Å²) in [5, 5.41) is 3.42. The van der Waals surface area contributed by atoms with Gasteiger partial charge in [0.15, 0.2) is 0 Å². The number of hydrogen-bond acceptors (Lipinski definition) is 5. The van der Waals surface area contributed by atoms with Crippen LogP contribution in [0.25, 0.3) is 5.70 Å². The molecule has 0 radical (unpaired) electrons. The molecule has 1 aromatic rings. The van der Waals surface area contributed by atoms with Gasteiger partial charge in [0.2, 0.25) is 0 Å². The highest BCUT2D eigenvalue weighted by molar-refractivity contribution is 6.16. The molecule has 6 nitrogen and oxygen atoms in total. The maximum Gasteiger partial charge on any atom is 0.275 e. The van der Waals surface area contributed by atoms with E-state index in [2.05, 4.69) is 71.6 Å². The molecular weight excluding hydrogens is 592 g/mol. The van der Waals surface area contributed by atoms with Crippen molar-refractivity contribution in [2.24, 2.45) is 16.8 Å². The molecule has 48 heavy (non-hydrogen) atoms. The summed E-state index contributed by atoms with van der Waals surface area (Å²) in [5.41, 5.74) is 8.96. The number of rotatable bonds is 15. The van der Waals surface area contributed by atoms with Crippen LogP contribution < -0.4 is 0 Å². The van der Waals surface area contributed by atoms with Crippen LogP contribution in [-0.4, -0.2) is 58.7 Å². The van der Waals surface area contributed by atoms with E-state index in [-0.39, 0.29) is 11.8 Å². The molecule has 0 aromatic heterocycles. The maximum absolute atomic E-state index is 14.3. The number of aliphatic imine (C=N–C) groups is 1. The second-order valence-corrected chi connectivity index (χ2v) is 14.8. The average Bonchev–Trinajstić information content (AvgIpc) is 3.48. The fourth-order valence-electron chi connectivity index (χ4n) is 7.88. The molecule has 4 rings (SSSR count). The molecule has 3 heterocycles. The van der Waals surface area contributed by atoms with Gasteiger partial charge in [-0.1, -0.05) is 90.3 Å². The van der Waals surface area contributed by atoms with E-state index in [1.807, 2.05) is 18.9 Å². The van der Waals surface area contributed by atoms with E-state index in [9.17, 15) is 9.59 Å². The lowest BCUT2D eigenvalue weighted by Gasteiger charge is -2.39. The molecule has 3 aliphatic heterocycles. The fraction of sp³-hybridized carbons (Fsp3) is 0.643. The first kappa shape index (κ1) is 37.8. The summed E-state index contributed by atoms with van der Waals surface area (Å²) in [6, 6.07) is 4.50. The molecule has 1 aromatic carbocycles. The van der Waals surface area contributed by atoms with Gasteiger partial charge in [0, 0.05) is 49.3 Å². The first-order chi connectivity index (χ1) is 23.0. The monoisotopic (exact) mass is 657 g/mol. The van der Waals surface area contributed by atoms with Crippen LogP contribution in [0.3, 0.4) is 0 Å². The number of aryl methyl sites for hydroxylation is 3. The third-order valence-corrected chi connectivity index (χ3v) is 11.1. The molecular formula is C42H64N4O2. The quantitative estimate of drug-likeness (QED) is 0.139. The van der Waals surface area contributed by atoms with Crippen molar-refractivity contribution in [1.82, 2.24) is 14.9 Å². The Morgan fingerprint density at radius 2 is 1.35 bits per heavy atom. The van der Waals surface area contributed by atoms with Gasteiger partial charge in [-0.05, 0) is 100 Å². The number of piperidine rings is 1. The zero-order chi connectivity index (χ0) is 35.0. The van der Waals surface area contributed by atoms with Crippen LogP contribution in [0, 0.1) is 32.6 Å². The zero-order valence-corrected chi connectivity index (χ0v) is 31.8. The van der Waals surface area contributed by atoms with Crippen molar-refractivity contribution in [2.45, 2.75) is 139 Å². The highest BCUT2D eigenvalue weighted by Gasteiger charge is 2.38. The van der Waals surface area contributed by atoms with Crippen LogP contribution in [-0.2, 0) is 9.59 Å². The van der Waals surface area contributed by atoms with Crippen LogP contribution in [0.4, 0.5) is 0 Å². The molecule has 0 bridgehead atoms. The van der Waals surface area contributed by atoms with E-state index < -0.39 is 0 Å². The molecule has 0 saturated carbocycles. The van der Waals surface area contributed by atoms with E-state index in [1.165, 1.54) is 78.6 Å². The molecule has 1 fully saturated rings. The third-order valence-electron chi connectivity index (χ3n) is 11.1. The summed E-state index contributed by atoms with van der Waals surface area (Å²) in [4.78, 5) is 36.0. The van der Waals surface area contributed by atoms with E-state index in [1.54, 1.807) is 0 Å². The minimum absolute atomic E-state index is 0.180. The van der Waals surface area contributed by atoms with Crippen LogP contribution in [0.2, 0.25) is 0 Å². The molecule has 6 heteroatoms. The Hall–Kier alpha value is -2.99. The average molecular weight is 657 g/mol. The second-order valence-electron chi connectivity index (χ2n) is 14.8. The first-order valence-corrected chi connectivity index (χ1v) is 19.2. The summed E-state index contributed by atoms with van der Waals surface area (Å²) < 4.78 is 0. The number of benzene rings is 1. The van der Waals surface area contributed by atoms with Crippen molar-refractivity contribution < 1.29 is 9.59 Å². The maximum atomic E-state index is 14.3. The van der Waals surface area contributed by atoms with Gasteiger partial charge in [-0.15, -0.1) is 0 Å². The molecule has 3 aliphatic rings. The van der Waals surface area contributed by atoms with E-state index in [0.29, 0.717) is 29.4 Å². The van der Waals surface area contributed by atoms with Crippen molar-refractivity contribution in [3.63, 3.8) is 0 Å². The molecule has 2 atom stereocenters. The number of allylic oxidation sites excluding steroid dienone is 1. The minimum Gasteiger partial charge on any atom is -0.359 e. The van der Waals surface area contributed by atoms with Crippen LogP contribution in [0.5, 0.6) is 0 Å². The van der Waals surface area contributed by atoms with Crippen molar-refractivity contribution in [3.8, 4) is 0 Å². The Labute approximate surface area is 292 Å². The smallest absolute Gasteiger partial charge is 0.275 e. The van der Waals surface area contributed by atoms with Crippen LogP contribution >= 0.6 is 0 Å². The standard InChI is InChI=1S/C42H64N4O2/c1-10-14-19-34(12-3)27-44(28-35(13-4)20-15-11-2)38-26-36(40(43-38)39-30(6)23-29(5)24-31(39)7)25-37-32(8)33(9)41(47)46(42(37)48)45-21-17-16-18-22-45/h23-25,34-35H,10-22,26-28H2,1-9H3/b37-25-. The van der Waals surface area contributed by atoms with Crippen LogP contribution in [0.15, 0.2) is 45.5 Å². The van der Waals surface area contributed by atoms with Gasteiger partial charge in [-0.2, -0.15) is 0 Å².